The molecule has 106 valence electrons. The van der Waals surface area contributed by atoms with E-state index in [1.54, 1.807) is 13.8 Å². The van der Waals surface area contributed by atoms with Crippen molar-refractivity contribution in [3.8, 4) is 0 Å². The topological polar surface area (TPSA) is 0 Å². The SMILES string of the molecule is CC1(C)CC1C=C(Cl)C(F)(C(F)(F)F)C(F)(F)F. The lowest BCUT2D eigenvalue weighted by molar-refractivity contribution is -0.323. The first-order valence-corrected chi connectivity index (χ1v) is 5.31. The number of rotatable bonds is 2. The minimum atomic E-state index is -6.14. The van der Waals surface area contributed by atoms with Crippen molar-refractivity contribution in [2.75, 3.05) is 0 Å². The Bertz CT molecular complexity index is 349. The highest BCUT2D eigenvalue weighted by Gasteiger charge is 2.74. The minimum absolute atomic E-state index is 0.370. The van der Waals surface area contributed by atoms with Crippen LogP contribution in [-0.4, -0.2) is 18.0 Å². The van der Waals surface area contributed by atoms with Gasteiger partial charge in [-0.3, -0.25) is 0 Å². The Hall–Kier alpha value is -0.460. The maximum atomic E-state index is 13.4. The fraction of sp³-hybridized carbons (Fsp3) is 0.800. The average Bonchev–Trinajstić information content (AvgIpc) is 2.67. The molecule has 0 bridgehead atoms. The maximum absolute atomic E-state index is 13.4. The molecule has 0 N–H and O–H groups in total. The summed E-state index contributed by atoms with van der Waals surface area (Å²) in [5.74, 6) is -0.579. The smallest absolute Gasteiger partial charge is 0.217 e. The Labute approximate surface area is 104 Å². The van der Waals surface area contributed by atoms with Crippen molar-refractivity contribution in [2.24, 2.45) is 11.3 Å². The second kappa shape index (κ2) is 4.02. The summed E-state index contributed by atoms with van der Waals surface area (Å²) in [5.41, 5.74) is -5.95. The summed E-state index contributed by atoms with van der Waals surface area (Å²) in [7, 11) is 0. The first kappa shape index (κ1) is 15.6. The van der Waals surface area contributed by atoms with Gasteiger partial charge in [0.1, 0.15) is 0 Å². The molecule has 1 atom stereocenters. The van der Waals surface area contributed by atoms with Gasteiger partial charge < -0.3 is 0 Å². The van der Waals surface area contributed by atoms with Gasteiger partial charge >= 0.3 is 18.0 Å². The molecule has 1 aliphatic carbocycles. The summed E-state index contributed by atoms with van der Waals surface area (Å²) in [6, 6.07) is 0. The summed E-state index contributed by atoms with van der Waals surface area (Å²) in [6.45, 7) is 3.28. The summed E-state index contributed by atoms with van der Waals surface area (Å²) in [4.78, 5) is 0. The van der Waals surface area contributed by atoms with Gasteiger partial charge in [0.2, 0.25) is 0 Å². The van der Waals surface area contributed by atoms with E-state index in [4.69, 9.17) is 11.6 Å². The zero-order valence-electron chi connectivity index (χ0n) is 9.39. The molecule has 0 amide bonds. The number of halogens is 8. The highest BCUT2D eigenvalue weighted by molar-refractivity contribution is 6.30. The van der Waals surface area contributed by atoms with Crippen LogP contribution in [0.4, 0.5) is 30.7 Å². The van der Waals surface area contributed by atoms with Crippen molar-refractivity contribution in [3.63, 3.8) is 0 Å². The molecule has 8 heteroatoms. The molecule has 1 fully saturated rings. The second-order valence-electron chi connectivity index (χ2n) is 4.97. The van der Waals surface area contributed by atoms with E-state index in [0.717, 1.165) is 0 Å². The van der Waals surface area contributed by atoms with Crippen molar-refractivity contribution in [1.82, 2.24) is 0 Å². The molecule has 0 radical (unpaired) electrons. The van der Waals surface area contributed by atoms with Crippen LogP contribution in [0, 0.1) is 11.3 Å². The van der Waals surface area contributed by atoms with Crippen molar-refractivity contribution in [1.29, 1.82) is 0 Å². The Morgan fingerprint density at radius 3 is 1.61 bits per heavy atom. The maximum Gasteiger partial charge on any atom is 0.436 e. The molecule has 0 aromatic carbocycles. The van der Waals surface area contributed by atoms with Crippen LogP contribution in [0.3, 0.4) is 0 Å². The van der Waals surface area contributed by atoms with E-state index in [9.17, 15) is 30.7 Å². The summed E-state index contributed by atoms with van der Waals surface area (Å²) in [5, 5.41) is -1.86. The van der Waals surface area contributed by atoms with E-state index in [1.165, 1.54) is 0 Å². The van der Waals surface area contributed by atoms with Crippen LogP contribution in [0.25, 0.3) is 0 Å². The Kier molecular flexibility index (Phi) is 3.48. The highest BCUT2D eigenvalue weighted by atomic mass is 35.5. The molecule has 0 aliphatic heterocycles. The van der Waals surface area contributed by atoms with Gasteiger partial charge in [0.15, 0.2) is 0 Å². The van der Waals surface area contributed by atoms with Gasteiger partial charge in [0.25, 0.3) is 0 Å². The van der Waals surface area contributed by atoms with Gasteiger partial charge in [-0.15, -0.1) is 0 Å². The lowest BCUT2D eigenvalue weighted by Gasteiger charge is -2.29. The van der Waals surface area contributed by atoms with Crippen LogP contribution in [-0.2, 0) is 0 Å². The largest absolute Gasteiger partial charge is 0.436 e. The van der Waals surface area contributed by atoms with Crippen molar-refractivity contribution in [2.45, 2.75) is 38.3 Å². The third-order valence-electron chi connectivity index (χ3n) is 3.05. The lowest BCUT2D eigenvalue weighted by atomic mass is 10.0. The van der Waals surface area contributed by atoms with Gasteiger partial charge in [-0.2, -0.15) is 26.3 Å². The quantitative estimate of drug-likeness (QED) is 0.630. The number of alkyl halides is 7. The molecule has 1 rings (SSSR count). The first-order chi connectivity index (χ1) is 7.73. The van der Waals surface area contributed by atoms with Gasteiger partial charge in [-0.05, 0) is 17.8 Å². The zero-order chi connectivity index (χ0) is 14.6. The van der Waals surface area contributed by atoms with Crippen molar-refractivity contribution in [3.05, 3.63) is 11.1 Å². The summed E-state index contributed by atoms with van der Waals surface area (Å²) >= 11 is 4.97. The van der Waals surface area contributed by atoms with Crippen LogP contribution in [0.15, 0.2) is 11.1 Å². The van der Waals surface area contributed by atoms with Crippen LogP contribution < -0.4 is 0 Å². The minimum Gasteiger partial charge on any atom is -0.217 e. The molecule has 0 nitrogen and oxygen atoms in total. The monoisotopic (exact) mass is 298 g/mol. The third kappa shape index (κ3) is 2.46. The molecule has 1 saturated carbocycles. The molecule has 1 aliphatic rings. The molecule has 0 saturated heterocycles. The zero-order valence-corrected chi connectivity index (χ0v) is 10.1. The Morgan fingerprint density at radius 2 is 1.39 bits per heavy atom. The average molecular weight is 299 g/mol. The fourth-order valence-electron chi connectivity index (χ4n) is 1.52. The van der Waals surface area contributed by atoms with Gasteiger partial charge in [-0.1, -0.05) is 31.5 Å². The van der Waals surface area contributed by atoms with E-state index in [2.05, 4.69) is 0 Å². The van der Waals surface area contributed by atoms with Crippen LogP contribution in [0.5, 0.6) is 0 Å². The number of allylic oxidation sites excluding steroid dienone is 2. The predicted octanol–water partition coefficient (Wildman–Crippen LogP) is 4.99. The molecule has 0 heterocycles. The second-order valence-corrected chi connectivity index (χ2v) is 5.37. The van der Waals surface area contributed by atoms with E-state index < -0.39 is 34.4 Å². The number of hydrogen-bond acceptors (Lipinski definition) is 0. The Balaban J connectivity index is 3.14. The van der Waals surface area contributed by atoms with Gasteiger partial charge in [-0.25, -0.2) is 4.39 Å². The predicted molar refractivity (Wildman–Crippen MR) is 51.8 cm³/mol. The Morgan fingerprint density at radius 1 is 1.06 bits per heavy atom. The molecule has 0 aromatic heterocycles. The van der Waals surface area contributed by atoms with Crippen LogP contribution in [0.2, 0.25) is 0 Å². The van der Waals surface area contributed by atoms with Gasteiger partial charge in [0.05, 0.1) is 5.03 Å². The summed E-state index contributed by atoms with van der Waals surface area (Å²) in [6.07, 6.45) is -11.4. The normalized spacial score (nSPS) is 25.2. The molecule has 0 spiro atoms. The molecular formula is C10H10ClF7. The van der Waals surface area contributed by atoms with E-state index in [1.807, 2.05) is 0 Å². The molecular weight excluding hydrogens is 289 g/mol. The third-order valence-corrected chi connectivity index (χ3v) is 3.43. The fourth-order valence-corrected chi connectivity index (χ4v) is 1.88. The molecule has 0 aromatic rings. The lowest BCUT2D eigenvalue weighted by Crippen LogP contribution is -2.53. The van der Waals surface area contributed by atoms with Crippen LogP contribution in [0.1, 0.15) is 20.3 Å². The summed E-state index contributed by atoms with van der Waals surface area (Å²) < 4.78 is 87.2. The molecule has 18 heavy (non-hydrogen) atoms. The van der Waals surface area contributed by atoms with Gasteiger partial charge in [0, 0.05) is 0 Å². The van der Waals surface area contributed by atoms with E-state index in [0.29, 0.717) is 12.5 Å². The standard InChI is InChI=1S/C10H10ClF7/c1-7(2)4-5(7)3-6(11)8(12,9(13,14)15)10(16,17)18/h3,5H,4H2,1-2H3. The van der Waals surface area contributed by atoms with Crippen molar-refractivity contribution >= 4 is 11.6 Å². The van der Waals surface area contributed by atoms with Crippen molar-refractivity contribution < 1.29 is 30.7 Å². The van der Waals surface area contributed by atoms with Crippen LogP contribution >= 0.6 is 11.6 Å². The number of hydrogen-bond donors (Lipinski definition) is 0. The first-order valence-electron chi connectivity index (χ1n) is 4.93. The highest BCUT2D eigenvalue weighted by Crippen LogP contribution is 2.57. The molecule has 1 unspecified atom stereocenters. The van der Waals surface area contributed by atoms with E-state index >= 15 is 0 Å². The van der Waals surface area contributed by atoms with E-state index in [-0.39, 0.29) is 0 Å².